The molecule has 7 nitrogen and oxygen atoms in total. The fourth-order valence-electron chi connectivity index (χ4n) is 2.55. The summed E-state index contributed by atoms with van der Waals surface area (Å²) < 4.78 is 31.0. The van der Waals surface area contributed by atoms with Gasteiger partial charge >= 0.3 is 0 Å². The Morgan fingerprint density at radius 2 is 1.76 bits per heavy atom. The molecule has 2 aromatic carbocycles. The molecule has 0 radical (unpaired) electrons. The summed E-state index contributed by atoms with van der Waals surface area (Å²) >= 11 is 0. The van der Waals surface area contributed by atoms with Crippen LogP contribution in [-0.2, 0) is 14.8 Å². The highest BCUT2D eigenvalue weighted by atomic mass is 32.2. The maximum atomic E-state index is 12.6. The molecule has 25 heavy (non-hydrogen) atoms. The summed E-state index contributed by atoms with van der Waals surface area (Å²) in [6.45, 7) is 0. The quantitative estimate of drug-likeness (QED) is 0.875. The molecule has 0 saturated carbocycles. The van der Waals surface area contributed by atoms with Crippen LogP contribution in [0.2, 0.25) is 0 Å². The van der Waals surface area contributed by atoms with Gasteiger partial charge in [-0.15, -0.1) is 0 Å². The molecule has 2 N–H and O–H groups in total. The van der Waals surface area contributed by atoms with Gasteiger partial charge in [-0.3, -0.25) is 9.10 Å². The molecule has 1 aliphatic rings. The van der Waals surface area contributed by atoms with Crippen molar-refractivity contribution in [1.29, 1.82) is 0 Å². The van der Waals surface area contributed by atoms with Crippen LogP contribution >= 0.6 is 0 Å². The third kappa shape index (κ3) is 2.80. The maximum absolute atomic E-state index is 12.6. The minimum absolute atomic E-state index is 0.0454. The van der Waals surface area contributed by atoms with Gasteiger partial charge in [0.25, 0.3) is 15.9 Å². The molecule has 2 aromatic rings. The van der Waals surface area contributed by atoms with Crippen LogP contribution in [0, 0.1) is 0 Å². The van der Waals surface area contributed by atoms with Crippen molar-refractivity contribution in [1.82, 2.24) is 4.31 Å². The molecule has 0 fully saturated rings. The number of rotatable bonds is 3. The van der Waals surface area contributed by atoms with Gasteiger partial charge < -0.3 is 15.2 Å². The van der Waals surface area contributed by atoms with Crippen molar-refractivity contribution in [3.8, 4) is 5.75 Å². The Labute approximate surface area is 145 Å². The summed E-state index contributed by atoms with van der Waals surface area (Å²) in [7, 11) is -1.17. The molecule has 0 saturated heterocycles. The third-order valence-corrected chi connectivity index (χ3v) is 5.70. The molecule has 0 atom stereocenters. The molecule has 0 aromatic heterocycles. The Kier molecular flexibility index (Phi) is 4.13. The summed E-state index contributed by atoms with van der Waals surface area (Å²) in [4.78, 5) is 12.5. The van der Waals surface area contributed by atoms with Gasteiger partial charge in [-0.25, -0.2) is 8.42 Å². The number of hydrogen-bond acceptors (Lipinski definition) is 5. The highest BCUT2D eigenvalue weighted by molar-refractivity contribution is 7.89. The van der Waals surface area contributed by atoms with Crippen LogP contribution < -0.4 is 10.1 Å². The Morgan fingerprint density at radius 3 is 2.40 bits per heavy atom. The zero-order chi connectivity index (χ0) is 18.2. The summed E-state index contributed by atoms with van der Waals surface area (Å²) in [6.07, 6.45) is 0. The topological polar surface area (TPSA) is 95.9 Å². The van der Waals surface area contributed by atoms with Crippen molar-refractivity contribution in [2.24, 2.45) is 0 Å². The number of anilines is 1. The fourth-order valence-corrected chi connectivity index (χ4v) is 3.94. The molecule has 0 aliphatic carbocycles. The van der Waals surface area contributed by atoms with Crippen LogP contribution in [0.15, 0.2) is 59.1 Å². The van der Waals surface area contributed by atoms with Gasteiger partial charge in [0.2, 0.25) is 0 Å². The van der Waals surface area contributed by atoms with Gasteiger partial charge in [0.05, 0.1) is 12.0 Å². The molecule has 130 valence electrons. The molecule has 1 amide bonds. The average Bonchev–Trinajstić information content (AvgIpc) is 2.61. The van der Waals surface area contributed by atoms with E-state index in [2.05, 4.69) is 5.32 Å². The number of carbonyl (C=O) groups is 1. The predicted molar refractivity (Wildman–Crippen MR) is 92.6 cm³/mol. The number of hydrogen-bond donors (Lipinski definition) is 2. The highest BCUT2D eigenvalue weighted by Gasteiger charge is 2.37. The SMILES string of the molecule is COc1ccc(NC(=O)C2=C(O)c3ccccc3S(=O)(=O)N2C)cc1. The number of benzene rings is 2. The van der Waals surface area contributed by atoms with Crippen molar-refractivity contribution in [3.05, 3.63) is 59.8 Å². The van der Waals surface area contributed by atoms with E-state index in [9.17, 15) is 18.3 Å². The number of ether oxygens (including phenoxy) is 1. The number of aliphatic hydroxyl groups excluding tert-OH is 1. The summed E-state index contributed by atoms with van der Waals surface area (Å²) in [6, 6.07) is 12.5. The first kappa shape index (κ1) is 16.8. The van der Waals surface area contributed by atoms with E-state index in [1.807, 2.05) is 0 Å². The van der Waals surface area contributed by atoms with Crippen LogP contribution in [0.4, 0.5) is 5.69 Å². The molecular formula is C17H16N2O5S. The monoisotopic (exact) mass is 360 g/mol. The lowest BCUT2D eigenvalue weighted by Crippen LogP contribution is -2.37. The molecule has 1 heterocycles. The van der Waals surface area contributed by atoms with E-state index in [-0.39, 0.29) is 21.9 Å². The number of carbonyl (C=O) groups excluding carboxylic acids is 1. The van der Waals surface area contributed by atoms with E-state index in [1.54, 1.807) is 36.4 Å². The predicted octanol–water partition coefficient (Wildman–Crippen LogP) is 2.19. The van der Waals surface area contributed by atoms with Crippen molar-refractivity contribution >= 4 is 27.4 Å². The van der Waals surface area contributed by atoms with Crippen LogP contribution in [0.3, 0.4) is 0 Å². The number of aliphatic hydroxyl groups is 1. The largest absolute Gasteiger partial charge is 0.505 e. The zero-order valence-electron chi connectivity index (χ0n) is 13.6. The van der Waals surface area contributed by atoms with Crippen LogP contribution in [0.25, 0.3) is 5.76 Å². The molecule has 0 spiro atoms. The number of methoxy groups -OCH3 is 1. The Balaban J connectivity index is 2.01. The number of nitrogens with zero attached hydrogens (tertiary/aromatic N) is 1. The second-order valence-electron chi connectivity index (χ2n) is 5.35. The Morgan fingerprint density at radius 1 is 1.12 bits per heavy atom. The molecule has 8 heteroatoms. The number of amides is 1. The lowest BCUT2D eigenvalue weighted by Gasteiger charge is -2.28. The zero-order valence-corrected chi connectivity index (χ0v) is 14.4. The van der Waals surface area contributed by atoms with Gasteiger partial charge in [-0.05, 0) is 36.4 Å². The first-order valence-corrected chi connectivity index (χ1v) is 8.77. The van der Waals surface area contributed by atoms with Gasteiger partial charge in [0.1, 0.15) is 5.75 Å². The number of sulfonamides is 1. The molecule has 0 bridgehead atoms. The van der Waals surface area contributed by atoms with E-state index in [4.69, 9.17) is 4.74 Å². The van der Waals surface area contributed by atoms with E-state index in [1.165, 1.54) is 26.3 Å². The third-order valence-electron chi connectivity index (χ3n) is 3.88. The lowest BCUT2D eigenvalue weighted by atomic mass is 10.1. The second kappa shape index (κ2) is 6.14. The number of nitrogens with one attached hydrogen (secondary N) is 1. The summed E-state index contributed by atoms with van der Waals surface area (Å²) in [5.74, 6) is -0.506. The second-order valence-corrected chi connectivity index (χ2v) is 7.29. The van der Waals surface area contributed by atoms with Crippen LogP contribution in [0.5, 0.6) is 5.75 Å². The first-order chi connectivity index (χ1) is 11.9. The van der Waals surface area contributed by atoms with E-state index in [0.29, 0.717) is 11.4 Å². The molecule has 0 unspecified atom stereocenters. The highest BCUT2D eigenvalue weighted by Crippen LogP contribution is 2.34. The van der Waals surface area contributed by atoms with E-state index < -0.39 is 15.9 Å². The van der Waals surface area contributed by atoms with Crippen LogP contribution in [-0.4, -0.2) is 37.9 Å². The van der Waals surface area contributed by atoms with E-state index >= 15 is 0 Å². The number of likely N-dealkylation sites (N-methyl/N-ethyl adjacent to an activating group) is 1. The average molecular weight is 360 g/mol. The van der Waals surface area contributed by atoms with Gasteiger partial charge in [-0.1, -0.05) is 12.1 Å². The van der Waals surface area contributed by atoms with E-state index in [0.717, 1.165) is 4.31 Å². The lowest BCUT2D eigenvalue weighted by molar-refractivity contribution is -0.113. The standard InChI is InChI=1S/C17H16N2O5S/c1-19-15(17(21)18-11-7-9-12(24-2)10-8-11)16(20)13-5-3-4-6-14(13)25(19,22)23/h3-10,20H,1-2H3,(H,18,21). The molecular weight excluding hydrogens is 344 g/mol. The smallest absolute Gasteiger partial charge is 0.276 e. The van der Waals surface area contributed by atoms with Gasteiger partial charge in [0.15, 0.2) is 11.5 Å². The summed E-state index contributed by atoms with van der Waals surface area (Å²) in [5, 5.41) is 13.0. The van der Waals surface area contributed by atoms with Crippen molar-refractivity contribution in [2.75, 3.05) is 19.5 Å². The van der Waals surface area contributed by atoms with Gasteiger partial charge in [0, 0.05) is 18.3 Å². The van der Waals surface area contributed by atoms with Crippen LogP contribution in [0.1, 0.15) is 5.56 Å². The van der Waals surface area contributed by atoms with Crippen molar-refractivity contribution in [2.45, 2.75) is 4.90 Å². The molecule has 3 rings (SSSR count). The minimum atomic E-state index is -3.92. The normalized spacial score (nSPS) is 15.5. The minimum Gasteiger partial charge on any atom is -0.505 e. The van der Waals surface area contributed by atoms with Crippen molar-refractivity contribution in [3.63, 3.8) is 0 Å². The van der Waals surface area contributed by atoms with Gasteiger partial charge in [-0.2, -0.15) is 0 Å². The summed E-state index contributed by atoms with van der Waals surface area (Å²) in [5.41, 5.74) is 0.200. The maximum Gasteiger partial charge on any atom is 0.276 e. The van der Waals surface area contributed by atoms with Crippen molar-refractivity contribution < 1.29 is 23.1 Å². The number of fused-ring (bicyclic) bond motifs is 1. The fraction of sp³-hybridized carbons (Fsp3) is 0.118. The Hall–Kier alpha value is -3.00. The molecule has 1 aliphatic heterocycles. The first-order valence-electron chi connectivity index (χ1n) is 7.33. The Bertz CT molecular complexity index is 965.